The van der Waals surface area contributed by atoms with Crippen molar-refractivity contribution < 1.29 is 14.3 Å². The van der Waals surface area contributed by atoms with Gasteiger partial charge in [0.1, 0.15) is 12.2 Å². The van der Waals surface area contributed by atoms with Crippen molar-refractivity contribution in [2.45, 2.75) is 38.2 Å². The molecule has 1 heterocycles. The Kier molecular flexibility index (Phi) is 6.47. The highest BCUT2D eigenvalue weighted by molar-refractivity contribution is 5.77. The Balaban J connectivity index is 2.24. The molecule has 0 aliphatic carbocycles. The second-order valence-corrected chi connectivity index (χ2v) is 4.54. The zero-order valence-electron chi connectivity index (χ0n) is 10.7. The average Bonchev–Trinajstić information content (AvgIpc) is 2.38. The van der Waals surface area contributed by atoms with Gasteiger partial charge in [-0.2, -0.15) is 0 Å². The Morgan fingerprint density at radius 1 is 1.59 bits per heavy atom. The summed E-state index contributed by atoms with van der Waals surface area (Å²) < 4.78 is 11.0. The van der Waals surface area contributed by atoms with Crippen molar-refractivity contribution in [1.29, 1.82) is 0 Å². The maximum atomic E-state index is 11.5. The molecular formula is C12H24N2O3. The normalized spacial score (nSPS) is 24.6. The van der Waals surface area contributed by atoms with Crippen molar-refractivity contribution >= 4 is 5.91 Å². The highest BCUT2D eigenvalue weighted by Gasteiger charge is 2.33. The van der Waals surface area contributed by atoms with Gasteiger partial charge in [-0.15, -0.1) is 0 Å². The number of hydrogen-bond donors (Lipinski definition) is 2. The number of ether oxygens (including phenoxy) is 2. The van der Waals surface area contributed by atoms with Gasteiger partial charge in [-0.1, -0.05) is 13.3 Å². The van der Waals surface area contributed by atoms with Crippen LogP contribution in [0.3, 0.4) is 0 Å². The maximum Gasteiger partial charge on any atom is 0.246 e. The highest BCUT2D eigenvalue weighted by atomic mass is 16.5. The molecule has 1 unspecified atom stereocenters. The summed E-state index contributed by atoms with van der Waals surface area (Å²) in [6, 6.07) is 0. The second-order valence-electron chi connectivity index (χ2n) is 4.54. The van der Waals surface area contributed by atoms with Gasteiger partial charge in [0.2, 0.25) is 5.91 Å². The molecule has 0 saturated carbocycles. The van der Waals surface area contributed by atoms with Crippen LogP contribution >= 0.6 is 0 Å². The molecule has 1 aliphatic rings. The van der Waals surface area contributed by atoms with E-state index in [1.807, 2.05) is 0 Å². The van der Waals surface area contributed by atoms with Crippen molar-refractivity contribution in [2.24, 2.45) is 5.73 Å². The summed E-state index contributed by atoms with van der Waals surface area (Å²) >= 11 is 0. The fraction of sp³-hybridized carbons (Fsp3) is 0.917. The lowest BCUT2D eigenvalue weighted by atomic mass is 9.96. The number of carbonyl (C=O) groups excluding carboxylic acids is 1. The average molecular weight is 244 g/mol. The molecule has 3 N–H and O–H groups in total. The van der Waals surface area contributed by atoms with Crippen molar-refractivity contribution in [1.82, 2.24) is 5.32 Å². The van der Waals surface area contributed by atoms with Crippen LogP contribution in [0.1, 0.15) is 32.6 Å². The summed E-state index contributed by atoms with van der Waals surface area (Å²) in [5.74, 6) is -0.0724. The molecule has 0 aromatic heterocycles. The van der Waals surface area contributed by atoms with Crippen LogP contribution in [0, 0.1) is 0 Å². The molecule has 5 nitrogen and oxygen atoms in total. The van der Waals surface area contributed by atoms with Crippen LogP contribution in [0.25, 0.3) is 0 Å². The molecule has 1 rings (SSSR count). The smallest absolute Gasteiger partial charge is 0.246 e. The van der Waals surface area contributed by atoms with E-state index in [0.29, 0.717) is 19.7 Å². The van der Waals surface area contributed by atoms with Gasteiger partial charge < -0.3 is 20.5 Å². The summed E-state index contributed by atoms with van der Waals surface area (Å²) in [5.41, 5.74) is 5.25. The van der Waals surface area contributed by atoms with E-state index in [1.54, 1.807) is 0 Å². The van der Waals surface area contributed by atoms with E-state index in [9.17, 15) is 4.79 Å². The second kappa shape index (κ2) is 7.63. The van der Waals surface area contributed by atoms with E-state index in [2.05, 4.69) is 12.2 Å². The fourth-order valence-corrected chi connectivity index (χ4v) is 1.83. The molecule has 0 aromatic rings. The highest BCUT2D eigenvalue weighted by Crippen LogP contribution is 2.22. The van der Waals surface area contributed by atoms with Crippen LogP contribution in [-0.4, -0.2) is 44.4 Å². The van der Waals surface area contributed by atoms with Crippen molar-refractivity contribution in [2.75, 3.05) is 32.9 Å². The molecule has 0 bridgehead atoms. The molecule has 1 fully saturated rings. The molecule has 1 aliphatic heterocycles. The Morgan fingerprint density at radius 2 is 2.41 bits per heavy atom. The molecular weight excluding hydrogens is 220 g/mol. The minimum atomic E-state index is -0.458. The number of nitrogens with two attached hydrogens (primary N) is 1. The molecule has 0 radical (unpaired) electrons. The molecule has 100 valence electrons. The van der Waals surface area contributed by atoms with E-state index >= 15 is 0 Å². The summed E-state index contributed by atoms with van der Waals surface area (Å²) in [5, 5.41) is 2.82. The van der Waals surface area contributed by atoms with Gasteiger partial charge in [0.25, 0.3) is 0 Å². The van der Waals surface area contributed by atoms with Crippen LogP contribution in [-0.2, 0) is 14.3 Å². The van der Waals surface area contributed by atoms with Gasteiger partial charge in [-0.3, -0.25) is 4.79 Å². The lowest BCUT2D eigenvalue weighted by Gasteiger charge is -2.35. The van der Waals surface area contributed by atoms with Gasteiger partial charge in [0.15, 0.2) is 0 Å². The van der Waals surface area contributed by atoms with Crippen molar-refractivity contribution in [3.05, 3.63) is 0 Å². The van der Waals surface area contributed by atoms with Gasteiger partial charge in [0.05, 0.1) is 6.61 Å². The number of hydrogen-bond acceptors (Lipinski definition) is 4. The molecule has 0 aromatic carbocycles. The molecule has 17 heavy (non-hydrogen) atoms. The maximum absolute atomic E-state index is 11.5. The number of amides is 1. The minimum Gasteiger partial charge on any atom is -0.378 e. The molecule has 1 saturated heterocycles. The largest absolute Gasteiger partial charge is 0.378 e. The first-order valence-electron chi connectivity index (χ1n) is 6.41. The Labute approximate surface area is 103 Å². The summed E-state index contributed by atoms with van der Waals surface area (Å²) in [7, 11) is 0. The number of unbranched alkanes of at least 4 members (excludes halogenated alkanes) is 1. The summed E-state index contributed by atoms with van der Waals surface area (Å²) in [4.78, 5) is 11.5. The molecule has 5 heteroatoms. The monoisotopic (exact) mass is 244 g/mol. The number of carbonyl (C=O) groups is 1. The van der Waals surface area contributed by atoms with Gasteiger partial charge in [-0.25, -0.2) is 0 Å². The number of rotatable bonds is 7. The zero-order chi connectivity index (χ0) is 12.6. The lowest BCUT2D eigenvalue weighted by Crippen LogP contribution is -2.49. The van der Waals surface area contributed by atoms with E-state index < -0.39 is 5.60 Å². The van der Waals surface area contributed by atoms with Crippen LogP contribution < -0.4 is 11.1 Å². The quantitative estimate of drug-likeness (QED) is 0.637. The number of nitrogens with one attached hydrogen (secondary N) is 1. The van der Waals surface area contributed by atoms with E-state index in [-0.39, 0.29) is 12.5 Å². The Bertz CT molecular complexity index is 228. The molecule has 1 atom stereocenters. The standard InChI is InChI=1S/C12H24N2O3/c1-2-3-6-14-11(15)8-17-12(9-13)5-4-7-16-10-12/h2-10,13H2,1H3,(H,14,15). The van der Waals surface area contributed by atoms with Gasteiger partial charge >= 0.3 is 0 Å². The Morgan fingerprint density at radius 3 is 3.00 bits per heavy atom. The Hall–Kier alpha value is -0.650. The van der Waals surface area contributed by atoms with E-state index in [1.165, 1.54) is 0 Å². The van der Waals surface area contributed by atoms with E-state index in [0.717, 1.165) is 32.3 Å². The topological polar surface area (TPSA) is 73.6 Å². The predicted molar refractivity (Wildman–Crippen MR) is 65.7 cm³/mol. The lowest BCUT2D eigenvalue weighted by molar-refractivity contribution is -0.147. The first kappa shape index (κ1) is 14.4. The van der Waals surface area contributed by atoms with Crippen molar-refractivity contribution in [3.8, 4) is 0 Å². The summed E-state index contributed by atoms with van der Waals surface area (Å²) in [6.07, 6.45) is 3.87. The third-order valence-electron chi connectivity index (χ3n) is 3.02. The SMILES string of the molecule is CCCCNC(=O)COC1(CN)CCCOC1. The van der Waals surface area contributed by atoms with Crippen molar-refractivity contribution in [3.63, 3.8) is 0 Å². The van der Waals surface area contributed by atoms with E-state index in [4.69, 9.17) is 15.2 Å². The van der Waals surface area contributed by atoms with Crippen LogP contribution in [0.2, 0.25) is 0 Å². The van der Waals surface area contributed by atoms with Gasteiger partial charge in [0, 0.05) is 19.7 Å². The third-order valence-corrected chi connectivity index (χ3v) is 3.02. The minimum absolute atomic E-state index is 0.0724. The van der Waals surface area contributed by atoms with Crippen LogP contribution in [0.4, 0.5) is 0 Å². The zero-order valence-corrected chi connectivity index (χ0v) is 10.7. The van der Waals surface area contributed by atoms with Gasteiger partial charge in [-0.05, 0) is 19.3 Å². The molecule has 0 spiro atoms. The van der Waals surface area contributed by atoms with Crippen LogP contribution in [0.15, 0.2) is 0 Å². The third kappa shape index (κ3) is 5.02. The first-order valence-corrected chi connectivity index (χ1v) is 6.41. The first-order chi connectivity index (χ1) is 8.22. The van der Waals surface area contributed by atoms with Crippen LogP contribution in [0.5, 0.6) is 0 Å². The molecule has 1 amide bonds. The summed E-state index contributed by atoms with van der Waals surface area (Å²) in [6.45, 7) is 4.52. The fourth-order valence-electron chi connectivity index (χ4n) is 1.83. The predicted octanol–water partition coefficient (Wildman–Crippen LogP) is 0.427.